The number of aromatic nitrogens is 2. The highest BCUT2D eigenvalue weighted by molar-refractivity contribution is 4.86. The van der Waals surface area contributed by atoms with Gasteiger partial charge < -0.3 is 14.9 Å². The number of rotatable bonds is 3. The SMILES string of the molecule is Cn1ccn(CCC2CCCC2N)c(=O)c1=O. The van der Waals surface area contributed by atoms with Gasteiger partial charge in [0.2, 0.25) is 0 Å². The number of hydrogen-bond donors (Lipinski definition) is 1. The molecule has 2 N–H and O–H groups in total. The van der Waals surface area contributed by atoms with Crippen LogP contribution in [0.3, 0.4) is 0 Å². The summed E-state index contributed by atoms with van der Waals surface area (Å²) in [5, 5.41) is 0. The van der Waals surface area contributed by atoms with Crippen LogP contribution >= 0.6 is 0 Å². The predicted molar refractivity (Wildman–Crippen MR) is 65.9 cm³/mol. The number of nitrogens with two attached hydrogens (primary N) is 1. The van der Waals surface area contributed by atoms with Crippen LogP contribution in [0.15, 0.2) is 22.0 Å². The first-order chi connectivity index (χ1) is 8.09. The normalized spacial score (nSPS) is 24.1. The van der Waals surface area contributed by atoms with Crippen molar-refractivity contribution < 1.29 is 0 Å². The fraction of sp³-hybridized carbons (Fsp3) is 0.667. The van der Waals surface area contributed by atoms with Gasteiger partial charge in [0.15, 0.2) is 0 Å². The van der Waals surface area contributed by atoms with E-state index in [9.17, 15) is 9.59 Å². The standard InChI is InChI=1S/C12H19N3O2/c1-14-7-8-15(12(17)11(14)16)6-5-9-3-2-4-10(9)13/h7-10H,2-6,13H2,1H3. The third kappa shape index (κ3) is 2.49. The number of hydrogen-bond acceptors (Lipinski definition) is 3. The Bertz CT molecular complexity index is 503. The van der Waals surface area contributed by atoms with Crippen LogP contribution < -0.4 is 16.9 Å². The molecule has 94 valence electrons. The van der Waals surface area contributed by atoms with Crippen molar-refractivity contribution in [1.82, 2.24) is 9.13 Å². The van der Waals surface area contributed by atoms with Gasteiger partial charge in [0.05, 0.1) is 0 Å². The van der Waals surface area contributed by atoms with E-state index in [1.165, 1.54) is 15.6 Å². The lowest BCUT2D eigenvalue weighted by atomic mass is 10.0. The van der Waals surface area contributed by atoms with Crippen molar-refractivity contribution in [1.29, 1.82) is 0 Å². The summed E-state index contributed by atoms with van der Waals surface area (Å²) in [6.45, 7) is 0.591. The molecule has 1 heterocycles. The zero-order chi connectivity index (χ0) is 12.4. The maximum absolute atomic E-state index is 11.7. The van der Waals surface area contributed by atoms with Crippen LogP contribution in [0.4, 0.5) is 0 Å². The van der Waals surface area contributed by atoms with Crippen molar-refractivity contribution in [3.8, 4) is 0 Å². The van der Waals surface area contributed by atoms with Gasteiger partial charge in [-0.15, -0.1) is 0 Å². The largest absolute Gasteiger partial charge is 0.327 e. The van der Waals surface area contributed by atoms with Crippen LogP contribution in [0.2, 0.25) is 0 Å². The molecular formula is C12H19N3O2. The molecule has 0 amide bonds. The van der Waals surface area contributed by atoms with Crippen molar-refractivity contribution in [2.45, 2.75) is 38.3 Å². The Labute approximate surface area is 99.9 Å². The summed E-state index contributed by atoms with van der Waals surface area (Å²) in [4.78, 5) is 23.1. The molecule has 1 aliphatic carbocycles. The minimum absolute atomic E-state index is 0.261. The van der Waals surface area contributed by atoms with Crippen molar-refractivity contribution in [2.75, 3.05) is 0 Å². The Morgan fingerprint density at radius 2 is 2.06 bits per heavy atom. The molecule has 0 aliphatic heterocycles. The van der Waals surface area contributed by atoms with E-state index in [2.05, 4.69) is 0 Å². The van der Waals surface area contributed by atoms with Gasteiger partial charge >= 0.3 is 11.1 Å². The molecule has 0 saturated heterocycles. The average Bonchev–Trinajstić information content (AvgIpc) is 2.71. The Morgan fingerprint density at radius 1 is 1.29 bits per heavy atom. The predicted octanol–water partition coefficient (Wildman–Crippen LogP) is 0.0645. The van der Waals surface area contributed by atoms with Crippen LogP contribution in [-0.4, -0.2) is 15.2 Å². The molecule has 5 heteroatoms. The smallest absolute Gasteiger partial charge is 0.316 e. The Balaban J connectivity index is 2.07. The molecule has 2 unspecified atom stereocenters. The summed E-state index contributed by atoms with van der Waals surface area (Å²) in [7, 11) is 1.58. The molecule has 1 saturated carbocycles. The van der Waals surface area contributed by atoms with Crippen molar-refractivity contribution in [3.63, 3.8) is 0 Å². The van der Waals surface area contributed by atoms with E-state index < -0.39 is 11.1 Å². The fourth-order valence-corrected chi connectivity index (χ4v) is 2.49. The first kappa shape index (κ1) is 12.1. The Kier molecular flexibility index (Phi) is 3.47. The first-order valence-corrected chi connectivity index (χ1v) is 6.11. The van der Waals surface area contributed by atoms with Gasteiger partial charge in [0, 0.05) is 32.0 Å². The molecule has 5 nitrogen and oxygen atoms in total. The second-order valence-electron chi connectivity index (χ2n) is 4.86. The van der Waals surface area contributed by atoms with E-state index in [-0.39, 0.29) is 6.04 Å². The minimum atomic E-state index is -0.469. The number of nitrogens with zero attached hydrogens (tertiary/aromatic N) is 2. The molecule has 0 aromatic carbocycles. The average molecular weight is 237 g/mol. The van der Waals surface area contributed by atoms with Gasteiger partial charge in [-0.3, -0.25) is 9.59 Å². The van der Waals surface area contributed by atoms with Crippen LogP contribution in [0.25, 0.3) is 0 Å². The zero-order valence-electron chi connectivity index (χ0n) is 10.1. The fourth-order valence-electron chi connectivity index (χ4n) is 2.49. The van der Waals surface area contributed by atoms with Gasteiger partial charge in [-0.1, -0.05) is 6.42 Å². The lowest BCUT2D eigenvalue weighted by Gasteiger charge is -2.15. The van der Waals surface area contributed by atoms with E-state index in [4.69, 9.17) is 5.73 Å². The van der Waals surface area contributed by atoms with Crippen LogP contribution in [0.1, 0.15) is 25.7 Å². The van der Waals surface area contributed by atoms with E-state index in [1.54, 1.807) is 19.4 Å². The van der Waals surface area contributed by atoms with Gasteiger partial charge in [0.25, 0.3) is 0 Å². The zero-order valence-corrected chi connectivity index (χ0v) is 10.1. The van der Waals surface area contributed by atoms with Crippen molar-refractivity contribution >= 4 is 0 Å². The van der Waals surface area contributed by atoms with Crippen LogP contribution in [-0.2, 0) is 13.6 Å². The third-order valence-electron chi connectivity index (χ3n) is 3.69. The van der Waals surface area contributed by atoms with Crippen molar-refractivity contribution in [2.24, 2.45) is 18.7 Å². The summed E-state index contributed by atoms with van der Waals surface area (Å²) < 4.78 is 2.80. The maximum Gasteiger partial charge on any atom is 0.316 e. The summed E-state index contributed by atoms with van der Waals surface area (Å²) in [5.74, 6) is 0.492. The van der Waals surface area contributed by atoms with Crippen LogP contribution in [0.5, 0.6) is 0 Å². The molecule has 1 aromatic rings. The molecule has 1 aromatic heterocycles. The summed E-state index contributed by atoms with van der Waals surface area (Å²) in [6.07, 6.45) is 7.57. The number of aryl methyl sites for hydroxylation is 2. The Morgan fingerprint density at radius 3 is 2.71 bits per heavy atom. The van der Waals surface area contributed by atoms with E-state index in [0.29, 0.717) is 12.5 Å². The molecular weight excluding hydrogens is 218 g/mol. The van der Waals surface area contributed by atoms with Gasteiger partial charge in [-0.05, 0) is 25.2 Å². The topological polar surface area (TPSA) is 70.0 Å². The molecule has 1 aliphatic rings. The highest BCUT2D eigenvalue weighted by atomic mass is 16.2. The minimum Gasteiger partial charge on any atom is -0.327 e. The summed E-state index contributed by atoms with van der Waals surface area (Å²) >= 11 is 0. The summed E-state index contributed by atoms with van der Waals surface area (Å²) in [5.41, 5.74) is 5.07. The van der Waals surface area contributed by atoms with E-state index in [0.717, 1.165) is 19.3 Å². The van der Waals surface area contributed by atoms with Gasteiger partial charge in [0.1, 0.15) is 0 Å². The van der Waals surface area contributed by atoms with Gasteiger partial charge in [-0.25, -0.2) is 0 Å². The lowest BCUT2D eigenvalue weighted by molar-refractivity contribution is 0.410. The monoisotopic (exact) mass is 237 g/mol. The van der Waals surface area contributed by atoms with E-state index >= 15 is 0 Å². The van der Waals surface area contributed by atoms with E-state index in [1.807, 2.05) is 0 Å². The molecule has 2 atom stereocenters. The molecule has 0 bridgehead atoms. The van der Waals surface area contributed by atoms with Gasteiger partial charge in [-0.2, -0.15) is 0 Å². The third-order valence-corrected chi connectivity index (χ3v) is 3.69. The lowest BCUT2D eigenvalue weighted by Crippen LogP contribution is -2.40. The first-order valence-electron chi connectivity index (χ1n) is 6.11. The molecule has 1 fully saturated rings. The second-order valence-corrected chi connectivity index (χ2v) is 4.86. The molecule has 0 spiro atoms. The highest BCUT2D eigenvalue weighted by Crippen LogP contribution is 2.26. The van der Waals surface area contributed by atoms with Crippen LogP contribution in [0, 0.1) is 5.92 Å². The molecule has 0 radical (unpaired) electrons. The highest BCUT2D eigenvalue weighted by Gasteiger charge is 2.23. The Hall–Kier alpha value is -1.36. The molecule has 17 heavy (non-hydrogen) atoms. The maximum atomic E-state index is 11.7. The quantitative estimate of drug-likeness (QED) is 0.756. The summed E-state index contributed by atoms with van der Waals surface area (Å²) in [6, 6.07) is 0.261. The van der Waals surface area contributed by atoms with Crippen molar-refractivity contribution in [3.05, 3.63) is 33.1 Å². The molecule has 2 rings (SSSR count). The second kappa shape index (κ2) is 4.87.